The first kappa shape index (κ1) is 19.1. The normalized spacial score (nSPS) is 11.2. The number of benzene rings is 1. The Bertz CT molecular complexity index is 853. The van der Waals surface area contributed by atoms with Gasteiger partial charge in [0.15, 0.2) is 9.84 Å². The minimum atomic E-state index is -3.21. The van der Waals surface area contributed by atoms with Crippen LogP contribution in [0.1, 0.15) is 33.5 Å². The lowest BCUT2D eigenvalue weighted by Gasteiger charge is -2.05. The van der Waals surface area contributed by atoms with Gasteiger partial charge in [-0.3, -0.25) is 4.79 Å². The van der Waals surface area contributed by atoms with E-state index in [0.29, 0.717) is 13.0 Å². The largest absolute Gasteiger partial charge is 0.477 e. The summed E-state index contributed by atoms with van der Waals surface area (Å²) in [6.45, 7) is 1.89. The van der Waals surface area contributed by atoms with Crippen LogP contribution in [0.4, 0.5) is 0 Å². The number of carbonyl (C=O) groups is 2. The number of carbonyl (C=O) groups excluding carboxylic acids is 1. The van der Waals surface area contributed by atoms with Crippen LogP contribution in [0.3, 0.4) is 0 Å². The SMILES string of the molecule is CCS(=O)(=O)c1ccc(CCC(=O)NCc2ccc(C(=O)O)s2)cc1. The van der Waals surface area contributed by atoms with Gasteiger partial charge in [0, 0.05) is 11.3 Å². The van der Waals surface area contributed by atoms with Gasteiger partial charge in [-0.25, -0.2) is 13.2 Å². The molecule has 1 amide bonds. The summed E-state index contributed by atoms with van der Waals surface area (Å²) in [5, 5.41) is 11.6. The number of aromatic carboxylic acids is 1. The molecule has 0 atom stereocenters. The van der Waals surface area contributed by atoms with Crippen molar-refractivity contribution in [2.75, 3.05) is 5.75 Å². The summed E-state index contributed by atoms with van der Waals surface area (Å²) in [4.78, 5) is 24.0. The van der Waals surface area contributed by atoms with Gasteiger partial charge in [-0.15, -0.1) is 11.3 Å². The minimum Gasteiger partial charge on any atom is -0.477 e. The molecule has 2 aromatic rings. The fraction of sp³-hybridized carbons (Fsp3) is 0.294. The molecule has 6 nitrogen and oxygen atoms in total. The van der Waals surface area contributed by atoms with Gasteiger partial charge in [-0.1, -0.05) is 19.1 Å². The number of nitrogens with one attached hydrogen (secondary N) is 1. The summed E-state index contributed by atoms with van der Waals surface area (Å²) in [5.74, 6) is -1.06. The summed E-state index contributed by atoms with van der Waals surface area (Å²) in [7, 11) is -3.21. The maximum Gasteiger partial charge on any atom is 0.345 e. The van der Waals surface area contributed by atoms with Crippen LogP contribution in [0.5, 0.6) is 0 Å². The van der Waals surface area contributed by atoms with Crippen LogP contribution in [0.25, 0.3) is 0 Å². The number of aryl methyl sites for hydroxylation is 1. The lowest BCUT2D eigenvalue weighted by molar-refractivity contribution is -0.121. The van der Waals surface area contributed by atoms with E-state index in [4.69, 9.17) is 5.11 Å². The Hall–Kier alpha value is -2.19. The zero-order chi connectivity index (χ0) is 18.4. The Morgan fingerprint density at radius 3 is 2.36 bits per heavy atom. The predicted octanol–water partition coefficient (Wildman–Crippen LogP) is 2.49. The van der Waals surface area contributed by atoms with Crippen molar-refractivity contribution in [2.24, 2.45) is 0 Å². The molecule has 8 heteroatoms. The zero-order valence-electron chi connectivity index (χ0n) is 13.7. The summed E-state index contributed by atoms with van der Waals surface area (Å²) in [5.41, 5.74) is 0.884. The number of sulfone groups is 1. The lowest BCUT2D eigenvalue weighted by Crippen LogP contribution is -2.22. The van der Waals surface area contributed by atoms with E-state index in [1.807, 2.05) is 0 Å². The number of carboxylic acids is 1. The van der Waals surface area contributed by atoms with E-state index in [9.17, 15) is 18.0 Å². The molecule has 0 saturated carbocycles. The van der Waals surface area contributed by atoms with E-state index < -0.39 is 15.8 Å². The van der Waals surface area contributed by atoms with Gasteiger partial charge < -0.3 is 10.4 Å². The van der Waals surface area contributed by atoms with E-state index >= 15 is 0 Å². The van der Waals surface area contributed by atoms with Gasteiger partial charge in [-0.2, -0.15) is 0 Å². The second-order valence-corrected chi connectivity index (χ2v) is 8.84. The van der Waals surface area contributed by atoms with Crippen molar-refractivity contribution in [1.82, 2.24) is 5.32 Å². The van der Waals surface area contributed by atoms with Crippen molar-refractivity contribution in [3.63, 3.8) is 0 Å². The Morgan fingerprint density at radius 2 is 1.80 bits per heavy atom. The van der Waals surface area contributed by atoms with E-state index in [0.717, 1.165) is 21.8 Å². The Labute approximate surface area is 150 Å². The van der Waals surface area contributed by atoms with E-state index in [2.05, 4.69) is 5.32 Å². The summed E-state index contributed by atoms with van der Waals surface area (Å²) < 4.78 is 23.5. The number of amides is 1. The quantitative estimate of drug-likeness (QED) is 0.732. The van der Waals surface area contributed by atoms with Crippen LogP contribution < -0.4 is 5.32 Å². The van der Waals surface area contributed by atoms with Gasteiger partial charge >= 0.3 is 5.97 Å². The molecule has 25 heavy (non-hydrogen) atoms. The Balaban J connectivity index is 1.82. The van der Waals surface area contributed by atoms with Crippen LogP contribution in [0.2, 0.25) is 0 Å². The maximum atomic E-state index is 11.9. The topological polar surface area (TPSA) is 101 Å². The predicted molar refractivity (Wildman–Crippen MR) is 95.6 cm³/mol. The first-order valence-electron chi connectivity index (χ1n) is 7.72. The standard InChI is InChI=1S/C17H19NO5S2/c1-2-25(22,23)14-7-3-12(4-8-14)5-10-16(19)18-11-13-6-9-15(24-13)17(20)21/h3-4,6-9H,2,5,10-11H2,1H3,(H,18,19)(H,20,21). The lowest BCUT2D eigenvalue weighted by atomic mass is 10.1. The molecule has 0 bridgehead atoms. The molecule has 1 aromatic heterocycles. The Morgan fingerprint density at radius 1 is 1.12 bits per heavy atom. The second kappa shape index (κ2) is 8.26. The molecule has 2 N–H and O–H groups in total. The van der Waals surface area contributed by atoms with Crippen LogP contribution >= 0.6 is 11.3 Å². The highest BCUT2D eigenvalue weighted by molar-refractivity contribution is 7.91. The number of carboxylic acid groups (broad SMARTS) is 1. The number of thiophene rings is 1. The second-order valence-electron chi connectivity index (χ2n) is 5.40. The van der Waals surface area contributed by atoms with Crippen molar-refractivity contribution < 1.29 is 23.1 Å². The van der Waals surface area contributed by atoms with Crippen LogP contribution in [0, 0.1) is 0 Å². The highest BCUT2D eigenvalue weighted by atomic mass is 32.2. The summed E-state index contributed by atoms with van der Waals surface area (Å²) in [6, 6.07) is 9.75. The summed E-state index contributed by atoms with van der Waals surface area (Å²) >= 11 is 1.13. The molecule has 0 aliphatic heterocycles. The molecule has 2 rings (SSSR count). The Kier molecular flexibility index (Phi) is 6.33. The molecule has 0 aliphatic rings. The van der Waals surface area contributed by atoms with Gasteiger partial charge in [-0.05, 0) is 36.2 Å². The summed E-state index contributed by atoms with van der Waals surface area (Å²) in [6.07, 6.45) is 0.778. The van der Waals surface area contributed by atoms with Crippen molar-refractivity contribution in [1.29, 1.82) is 0 Å². The van der Waals surface area contributed by atoms with Gasteiger partial charge in [0.05, 0.1) is 17.2 Å². The highest BCUT2D eigenvalue weighted by Crippen LogP contribution is 2.16. The molecule has 0 fully saturated rings. The third kappa shape index (κ3) is 5.40. The molecule has 1 aromatic carbocycles. The molecular weight excluding hydrogens is 362 g/mol. The average molecular weight is 381 g/mol. The van der Waals surface area contributed by atoms with E-state index in [1.54, 1.807) is 37.3 Å². The molecule has 0 unspecified atom stereocenters. The smallest absolute Gasteiger partial charge is 0.345 e. The molecule has 0 spiro atoms. The van der Waals surface area contributed by atoms with Crippen LogP contribution in [0.15, 0.2) is 41.3 Å². The van der Waals surface area contributed by atoms with Crippen molar-refractivity contribution >= 4 is 33.1 Å². The van der Waals surface area contributed by atoms with E-state index in [-0.39, 0.29) is 27.9 Å². The first-order valence-corrected chi connectivity index (χ1v) is 10.2. The van der Waals surface area contributed by atoms with Crippen molar-refractivity contribution in [3.8, 4) is 0 Å². The number of rotatable bonds is 8. The van der Waals surface area contributed by atoms with Gasteiger partial charge in [0.2, 0.25) is 5.91 Å². The van der Waals surface area contributed by atoms with Crippen molar-refractivity contribution in [2.45, 2.75) is 31.2 Å². The molecule has 134 valence electrons. The monoisotopic (exact) mass is 381 g/mol. The fourth-order valence-corrected chi connectivity index (χ4v) is 3.82. The number of hydrogen-bond acceptors (Lipinski definition) is 5. The zero-order valence-corrected chi connectivity index (χ0v) is 15.3. The minimum absolute atomic E-state index is 0.0566. The maximum absolute atomic E-state index is 11.9. The molecule has 0 saturated heterocycles. The molecule has 1 heterocycles. The highest BCUT2D eigenvalue weighted by Gasteiger charge is 2.11. The third-order valence-corrected chi connectivity index (χ3v) is 6.46. The molecule has 0 aliphatic carbocycles. The fourth-order valence-electron chi connectivity index (χ4n) is 2.15. The van der Waals surface area contributed by atoms with Gasteiger partial charge in [0.25, 0.3) is 0 Å². The molecular formula is C17H19NO5S2. The first-order chi connectivity index (χ1) is 11.8. The van der Waals surface area contributed by atoms with Gasteiger partial charge in [0.1, 0.15) is 4.88 Å². The van der Waals surface area contributed by atoms with Crippen LogP contribution in [-0.4, -0.2) is 31.2 Å². The average Bonchev–Trinajstić information content (AvgIpc) is 3.08. The number of hydrogen-bond donors (Lipinski definition) is 2. The van der Waals surface area contributed by atoms with Crippen LogP contribution in [-0.2, 0) is 27.6 Å². The van der Waals surface area contributed by atoms with E-state index in [1.165, 1.54) is 6.07 Å². The van der Waals surface area contributed by atoms with Crippen molar-refractivity contribution in [3.05, 3.63) is 51.7 Å². The third-order valence-electron chi connectivity index (χ3n) is 3.64. The molecule has 0 radical (unpaired) electrons.